The number of nitrogens with two attached hydrogens (primary N) is 1. The smallest absolute Gasteiger partial charge is 0.332 e. The fourth-order valence-corrected chi connectivity index (χ4v) is 2.41. The molecule has 0 bridgehead atoms. The summed E-state index contributed by atoms with van der Waals surface area (Å²) >= 11 is 0. The van der Waals surface area contributed by atoms with Crippen molar-refractivity contribution in [3.63, 3.8) is 0 Å². The first-order valence-electron chi connectivity index (χ1n) is 11.5. The summed E-state index contributed by atoms with van der Waals surface area (Å²) in [5, 5.41) is 0. The summed E-state index contributed by atoms with van der Waals surface area (Å²) in [6.45, 7) is 10.9. The van der Waals surface area contributed by atoms with Crippen molar-refractivity contribution in [3.8, 4) is 5.75 Å². The second kappa shape index (κ2) is 19.4. The highest BCUT2D eigenvalue weighted by Crippen LogP contribution is 2.12. The Bertz CT molecular complexity index is 620. The van der Waals surface area contributed by atoms with Crippen LogP contribution < -0.4 is 10.5 Å². The van der Waals surface area contributed by atoms with Crippen LogP contribution in [0.1, 0.15) is 20.8 Å². The van der Waals surface area contributed by atoms with E-state index in [1.54, 1.807) is 12.1 Å². The van der Waals surface area contributed by atoms with Gasteiger partial charge in [0, 0.05) is 5.69 Å². The maximum absolute atomic E-state index is 11.4. The van der Waals surface area contributed by atoms with Gasteiger partial charge in [0.15, 0.2) is 0 Å². The molecule has 0 radical (unpaired) electrons. The first-order valence-corrected chi connectivity index (χ1v) is 11.5. The van der Waals surface area contributed by atoms with Gasteiger partial charge in [0.05, 0.1) is 72.7 Å². The number of ether oxygens (including phenoxy) is 8. The Labute approximate surface area is 202 Å². The van der Waals surface area contributed by atoms with E-state index in [-0.39, 0.29) is 12.6 Å². The number of hydrogen-bond acceptors (Lipinski definition) is 10. The molecule has 0 aliphatic carbocycles. The summed E-state index contributed by atoms with van der Waals surface area (Å²) in [5.74, 6) is 0.385. The highest BCUT2D eigenvalue weighted by Gasteiger charge is 2.15. The Morgan fingerprint density at radius 3 is 1.44 bits per heavy atom. The zero-order valence-electron chi connectivity index (χ0n) is 20.8. The van der Waals surface area contributed by atoms with Crippen molar-refractivity contribution in [1.82, 2.24) is 0 Å². The third-order valence-electron chi connectivity index (χ3n) is 3.88. The van der Waals surface area contributed by atoms with Crippen molar-refractivity contribution in [2.45, 2.75) is 26.4 Å². The zero-order valence-corrected chi connectivity index (χ0v) is 20.8. The van der Waals surface area contributed by atoms with Crippen LogP contribution in [0, 0.1) is 0 Å². The molecule has 10 heteroatoms. The van der Waals surface area contributed by atoms with Crippen LogP contribution >= 0.6 is 0 Å². The van der Waals surface area contributed by atoms with E-state index in [1.807, 2.05) is 32.9 Å². The summed E-state index contributed by atoms with van der Waals surface area (Å²) in [5.41, 5.74) is 5.82. The van der Waals surface area contributed by atoms with Crippen LogP contribution in [0.4, 0.5) is 5.69 Å². The average molecular weight is 488 g/mol. The maximum atomic E-state index is 11.4. The number of nitrogen functional groups attached to an aromatic ring is 1. The van der Waals surface area contributed by atoms with Crippen molar-refractivity contribution in [2.75, 3.05) is 91.6 Å². The zero-order chi connectivity index (χ0) is 24.9. The SMILES string of the molecule is CC(C)(C)OC(=O)COCCOCCOCCOCCOCCOCCOc1ccc(N)cc1. The first-order chi connectivity index (χ1) is 16.4. The topological polar surface area (TPSA) is 117 Å². The molecule has 0 unspecified atom stereocenters. The van der Waals surface area contributed by atoms with Crippen molar-refractivity contribution in [2.24, 2.45) is 0 Å². The van der Waals surface area contributed by atoms with Gasteiger partial charge in [0.1, 0.15) is 24.6 Å². The number of carbonyl (C=O) groups excluding carboxylic acids is 1. The summed E-state index contributed by atoms with van der Waals surface area (Å²) in [4.78, 5) is 11.4. The Balaban J connectivity index is 1.72. The quantitative estimate of drug-likeness (QED) is 0.157. The molecule has 1 aromatic rings. The normalized spacial score (nSPS) is 11.5. The number of anilines is 1. The summed E-state index contributed by atoms with van der Waals surface area (Å²) in [6.07, 6.45) is 0. The van der Waals surface area contributed by atoms with E-state index >= 15 is 0 Å². The standard InChI is InChI=1S/C24H41NO9/c1-24(2,3)34-23(26)20-32-17-16-30-13-12-28-9-8-27-10-11-29-14-15-31-18-19-33-22-6-4-21(25)5-7-22/h4-7H,8-20,25H2,1-3H3. The molecule has 1 rings (SSSR count). The second-order valence-electron chi connectivity index (χ2n) is 8.12. The van der Waals surface area contributed by atoms with Gasteiger partial charge in [0.25, 0.3) is 0 Å². The molecule has 0 amide bonds. The van der Waals surface area contributed by atoms with Gasteiger partial charge in [-0.1, -0.05) is 0 Å². The predicted molar refractivity (Wildman–Crippen MR) is 127 cm³/mol. The van der Waals surface area contributed by atoms with Crippen LogP contribution in [0.5, 0.6) is 5.75 Å². The lowest BCUT2D eigenvalue weighted by atomic mass is 10.2. The molecular weight excluding hydrogens is 446 g/mol. The van der Waals surface area contributed by atoms with Gasteiger partial charge in [-0.3, -0.25) is 0 Å². The van der Waals surface area contributed by atoms with Crippen LogP contribution in [0.25, 0.3) is 0 Å². The number of hydrogen-bond donors (Lipinski definition) is 1. The molecule has 0 heterocycles. The highest BCUT2D eigenvalue weighted by atomic mass is 16.6. The molecule has 2 N–H and O–H groups in total. The Morgan fingerprint density at radius 2 is 1.03 bits per heavy atom. The molecular formula is C24H41NO9. The number of benzene rings is 1. The summed E-state index contributed by atoms with van der Waals surface area (Å²) < 4.78 is 42.9. The molecule has 0 atom stereocenters. The van der Waals surface area contributed by atoms with E-state index in [0.717, 1.165) is 5.75 Å². The minimum Gasteiger partial charge on any atom is -0.491 e. The third-order valence-corrected chi connectivity index (χ3v) is 3.88. The van der Waals surface area contributed by atoms with Crippen molar-refractivity contribution in [1.29, 1.82) is 0 Å². The molecule has 0 fully saturated rings. The molecule has 10 nitrogen and oxygen atoms in total. The van der Waals surface area contributed by atoms with Gasteiger partial charge in [0.2, 0.25) is 0 Å². The minimum atomic E-state index is -0.504. The number of rotatable bonds is 21. The van der Waals surface area contributed by atoms with Gasteiger partial charge in [-0.2, -0.15) is 0 Å². The van der Waals surface area contributed by atoms with Crippen LogP contribution in [-0.2, 0) is 38.0 Å². The lowest BCUT2D eigenvalue weighted by molar-refractivity contribution is -0.160. The van der Waals surface area contributed by atoms with E-state index in [4.69, 9.17) is 43.6 Å². The molecule has 1 aromatic carbocycles. The largest absolute Gasteiger partial charge is 0.491 e. The van der Waals surface area contributed by atoms with Gasteiger partial charge >= 0.3 is 5.97 Å². The molecule has 0 saturated heterocycles. The monoisotopic (exact) mass is 487 g/mol. The van der Waals surface area contributed by atoms with Gasteiger partial charge in [-0.15, -0.1) is 0 Å². The number of carbonyl (C=O) groups is 1. The van der Waals surface area contributed by atoms with E-state index in [2.05, 4.69) is 0 Å². The molecule has 196 valence electrons. The van der Waals surface area contributed by atoms with Crippen LogP contribution in [0.3, 0.4) is 0 Å². The van der Waals surface area contributed by atoms with E-state index in [9.17, 15) is 4.79 Å². The fourth-order valence-electron chi connectivity index (χ4n) is 2.41. The lowest BCUT2D eigenvalue weighted by Crippen LogP contribution is -2.27. The molecule has 0 spiro atoms. The summed E-state index contributed by atoms with van der Waals surface area (Å²) in [7, 11) is 0. The Morgan fingerprint density at radius 1 is 0.647 bits per heavy atom. The summed E-state index contributed by atoms with van der Waals surface area (Å²) in [6, 6.07) is 7.24. The van der Waals surface area contributed by atoms with Crippen molar-refractivity contribution < 1.29 is 42.7 Å². The van der Waals surface area contributed by atoms with Crippen molar-refractivity contribution >= 4 is 11.7 Å². The molecule has 0 aliphatic heterocycles. The second-order valence-corrected chi connectivity index (χ2v) is 8.12. The molecule has 34 heavy (non-hydrogen) atoms. The fraction of sp³-hybridized carbons (Fsp3) is 0.708. The molecule has 0 saturated carbocycles. The third kappa shape index (κ3) is 19.5. The Hall–Kier alpha value is -1.95. The van der Waals surface area contributed by atoms with E-state index < -0.39 is 5.60 Å². The molecule has 0 aliphatic rings. The van der Waals surface area contributed by atoms with Crippen LogP contribution in [-0.4, -0.2) is 97.5 Å². The van der Waals surface area contributed by atoms with Gasteiger partial charge in [-0.25, -0.2) is 4.79 Å². The van der Waals surface area contributed by atoms with Gasteiger partial charge in [-0.05, 0) is 45.0 Å². The van der Waals surface area contributed by atoms with Gasteiger partial charge < -0.3 is 43.6 Å². The maximum Gasteiger partial charge on any atom is 0.332 e. The first kappa shape index (κ1) is 30.1. The van der Waals surface area contributed by atoms with E-state index in [0.29, 0.717) is 85.0 Å². The lowest BCUT2D eigenvalue weighted by Gasteiger charge is -2.19. The minimum absolute atomic E-state index is 0.0779. The van der Waals surface area contributed by atoms with E-state index in [1.165, 1.54) is 0 Å². The molecule has 0 aromatic heterocycles. The highest BCUT2D eigenvalue weighted by molar-refractivity contribution is 5.71. The van der Waals surface area contributed by atoms with Crippen molar-refractivity contribution in [3.05, 3.63) is 24.3 Å². The number of esters is 1. The van der Waals surface area contributed by atoms with Crippen LogP contribution in [0.15, 0.2) is 24.3 Å². The van der Waals surface area contributed by atoms with Crippen LogP contribution in [0.2, 0.25) is 0 Å². The average Bonchev–Trinajstić information content (AvgIpc) is 2.77. The Kier molecular flexibility index (Phi) is 17.1. The predicted octanol–water partition coefficient (Wildman–Crippen LogP) is 2.09.